The van der Waals surface area contributed by atoms with Crippen molar-refractivity contribution in [1.29, 1.82) is 0 Å². The predicted octanol–water partition coefficient (Wildman–Crippen LogP) is 7.49. The number of rotatable bonds is 15. The van der Waals surface area contributed by atoms with Crippen molar-refractivity contribution in [2.24, 2.45) is 0 Å². The van der Waals surface area contributed by atoms with Gasteiger partial charge in [-0.25, -0.2) is 4.79 Å². The molecule has 2 aromatic rings. The van der Waals surface area contributed by atoms with Crippen molar-refractivity contribution in [3.05, 3.63) is 54.0 Å². The molecule has 5 heteroatoms. The molecule has 0 fully saturated rings. The van der Waals surface area contributed by atoms with E-state index in [-0.39, 0.29) is 5.76 Å². The minimum absolute atomic E-state index is 0.105. The number of carbonyl (C=O) groups excluding carboxylic acids is 2. The number of hydrogen-bond donors (Lipinski definition) is 2. The molecule has 0 aliphatic rings. The van der Waals surface area contributed by atoms with Gasteiger partial charge in [-0.2, -0.15) is 0 Å². The third-order valence-electron chi connectivity index (χ3n) is 5.50. The Balaban J connectivity index is 1.50. The molecule has 31 heavy (non-hydrogen) atoms. The fourth-order valence-electron chi connectivity index (χ4n) is 3.66. The zero-order valence-electron chi connectivity index (χ0n) is 19.0. The molecule has 3 amide bonds. The van der Waals surface area contributed by atoms with Gasteiger partial charge in [-0.05, 0) is 42.7 Å². The average molecular weight is 427 g/mol. The molecule has 2 rings (SSSR count). The Kier molecular flexibility index (Phi) is 12.2. The van der Waals surface area contributed by atoms with E-state index >= 15 is 0 Å². The van der Waals surface area contributed by atoms with Crippen LogP contribution in [0.15, 0.2) is 47.1 Å². The lowest BCUT2D eigenvalue weighted by Gasteiger charge is -2.07. The summed E-state index contributed by atoms with van der Waals surface area (Å²) in [5.74, 6) is -0.459. The Morgan fingerprint density at radius 1 is 0.774 bits per heavy atom. The largest absolute Gasteiger partial charge is 0.459 e. The second-order valence-electron chi connectivity index (χ2n) is 8.22. The van der Waals surface area contributed by atoms with Gasteiger partial charge in [0.05, 0.1) is 6.26 Å². The molecule has 5 nitrogen and oxygen atoms in total. The third-order valence-corrected chi connectivity index (χ3v) is 5.50. The number of carbonyl (C=O) groups is 2. The second-order valence-corrected chi connectivity index (χ2v) is 8.22. The molecule has 1 heterocycles. The van der Waals surface area contributed by atoms with Gasteiger partial charge >= 0.3 is 6.03 Å². The number of hydrogen-bond acceptors (Lipinski definition) is 3. The van der Waals surface area contributed by atoms with E-state index in [4.69, 9.17) is 4.42 Å². The van der Waals surface area contributed by atoms with Crippen LogP contribution in [0.4, 0.5) is 10.5 Å². The number of amides is 3. The van der Waals surface area contributed by atoms with Crippen LogP contribution in [-0.2, 0) is 6.42 Å². The number of nitrogens with one attached hydrogen (secondary N) is 2. The van der Waals surface area contributed by atoms with Crippen LogP contribution in [0, 0.1) is 0 Å². The van der Waals surface area contributed by atoms with Gasteiger partial charge in [0.15, 0.2) is 5.76 Å². The Hall–Kier alpha value is -2.56. The minimum Gasteiger partial charge on any atom is -0.459 e. The number of imide groups is 1. The molecule has 0 saturated carbocycles. The van der Waals surface area contributed by atoms with Gasteiger partial charge in [-0.1, -0.05) is 89.7 Å². The Bertz CT molecular complexity index is 739. The van der Waals surface area contributed by atoms with Crippen LogP contribution >= 0.6 is 0 Å². The van der Waals surface area contributed by atoms with Crippen molar-refractivity contribution < 1.29 is 14.0 Å². The van der Waals surface area contributed by atoms with Gasteiger partial charge in [0, 0.05) is 5.69 Å². The number of benzene rings is 1. The fourth-order valence-corrected chi connectivity index (χ4v) is 3.66. The van der Waals surface area contributed by atoms with E-state index in [9.17, 15) is 9.59 Å². The summed E-state index contributed by atoms with van der Waals surface area (Å²) in [5, 5.41) is 4.90. The van der Waals surface area contributed by atoms with Gasteiger partial charge in [0.2, 0.25) is 0 Å². The SMILES string of the molecule is CCCCCCCCCCCCCCc1ccc(NC(=O)NC(=O)c2ccco2)cc1. The Morgan fingerprint density at radius 2 is 1.35 bits per heavy atom. The molecule has 0 spiro atoms. The van der Waals surface area contributed by atoms with Crippen molar-refractivity contribution in [2.75, 3.05) is 5.32 Å². The molecule has 0 saturated heterocycles. The normalized spacial score (nSPS) is 10.7. The number of furan rings is 1. The van der Waals surface area contributed by atoms with Crippen molar-refractivity contribution in [1.82, 2.24) is 5.32 Å². The summed E-state index contributed by atoms with van der Waals surface area (Å²) in [6.45, 7) is 2.27. The highest BCUT2D eigenvalue weighted by atomic mass is 16.3. The summed E-state index contributed by atoms with van der Waals surface area (Å²) in [7, 11) is 0. The third kappa shape index (κ3) is 10.9. The smallest absolute Gasteiger partial charge is 0.326 e. The summed E-state index contributed by atoms with van der Waals surface area (Å²) in [6.07, 6.45) is 18.7. The Labute approximate surface area is 187 Å². The van der Waals surface area contributed by atoms with Gasteiger partial charge in [-0.15, -0.1) is 0 Å². The minimum atomic E-state index is -0.574. The van der Waals surface area contributed by atoms with Crippen molar-refractivity contribution >= 4 is 17.6 Å². The van der Waals surface area contributed by atoms with Crippen LogP contribution in [0.3, 0.4) is 0 Å². The number of aryl methyl sites for hydroxylation is 1. The zero-order chi connectivity index (χ0) is 22.2. The van der Waals surface area contributed by atoms with E-state index < -0.39 is 11.9 Å². The highest BCUT2D eigenvalue weighted by molar-refractivity contribution is 6.06. The maximum atomic E-state index is 11.9. The highest BCUT2D eigenvalue weighted by Gasteiger charge is 2.12. The quantitative estimate of drug-likeness (QED) is 0.290. The van der Waals surface area contributed by atoms with E-state index in [1.807, 2.05) is 24.3 Å². The molecule has 0 aliphatic heterocycles. The molecular formula is C26H38N2O3. The first-order valence-electron chi connectivity index (χ1n) is 11.9. The zero-order valence-corrected chi connectivity index (χ0v) is 19.0. The lowest BCUT2D eigenvalue weighted by Crippen LogP contribution is -2.34. The molecule has 2 N–H and O–H groups in total. The van der Waals surface area contributed by atoms with E-state index in [0.717, 1.165) is 6.42 Å². The van der Waals surface area contributed by atoms with Crippen LogP contribution in [-0.4, -0.2) is 11.9 Å². The molecule has 1 aromatic carbocycles. The van der Waals surface area contributed by atoms with Crippen LogP contribution < -0.4 is 10.6 Å². The molecule has 0 unspecified atom stereocenters. The van der Waals surface area contributed by atoms with E-state index in [1.165, 1.54) is 94.9 Å². The predicted molar refractivity (Wildman–Crippen MR) is 126 cm³/mol. The van der Waals surface area contributed by atoms with Crippen LogP contribution in [0.2, 0.25) is 0 Å². The van der Waals surface area contributed by atoms with Gasteiger partial charge in [-0.3, -0.25) is 10.1 Å². The first-order chi connectivity index (χ1) is 15.2. The number of anilines is 1. The first-order valence-corrected chi connectivity index (χ1v) is 11.9. The van der Waals surface area contributed by atoms with E-state index in [0.29, 0.717) is 5.69 Å². The highest BCUT2D eigenvalue weighted by Crippen LogP contribution is 2.15. The van der Waals surface area contributed by atoms with E-state index in [2.05, 4.69) is 17.6 Å². The van der Waals surface area contributed by atoms with E-state index in [1.54, 1.807) is 6.07 Å². The average Bonchev–Trinajstić information content (AvgIpc) is 3.31. The number of urea groups is 1. The van der Waals surface area contributed by atoms with Crippen molar-refractivity contribution in [2.45, 2.75) is 90.4 Å². The van der Waals surface area contributed by atoms with Crippen LogP contribution in [0.5, 0.6) is 0 Å². The lowest BCUT2D eigenvalue weighted by molar-refractivity contribution is 0.0940. The lowest BCUT2D eigenvalue weighted by atomic mass is 10.0. The molecule has 170 valence electrons. The second kappa shape index (κ2) is 15.3. The summed E-state index contributed by atoms with van der Waals surface area (Å²) >= 11 is 0. The molecule has 0 radical (unpaired) electrons. The van der Waals surface area contributed by atoms with Crippen LogP contribution in [0.25, 0.3) is 0 Å². The summed E-state index contributed by atoms with van der Waals surface area (Å²) < 4.78 is 4.97. The Morgan fingerprint density at radius 3 is 1.90 bits per heavy atom. The summed E-state index contributed by atoms with van der Waals surface area (Å²) in [4.78, 5) is 23.7. The molecule has 0 bridgehead atoms. The molecule has 0 aliphatic carbocycles. The molecular weight excluding hydrogens is 388 g/mol. The number of unbranched alkanes of at least 4 members (excludes halogenated alkanes) is 11. The van der Waals surface area contributed by atoms with Crippen LogP contribution in [0.1, 0.15) is 100 Å². The topological polar surface area (TPSA) is 71.3 Å². The van der Waals surface area contributed by atoms with Gasteiger partial charge in [0.25, 0.3) is 5.91 Å². The maximum absolute atomic E-state index is 11.9. The monoisotopic (exact) mass is 426 g/mol. The van der Waals surface area contributed by atoms with Crippen molar-refractivity contribution in [3.8, 4) is 0 Å². The van der Waals surface area contributed by atoms with Gasteiger partial charge < -0.3 is 9.73 Å². The van der Waals surface area contributed by atoms with Gasteiger partial charge in [0.1, 0.15) is 0 Å². The molecule has 0 atom stereocenters. The maximum Gasteiger partial charge on any atom is 0.326 e. The van der Waals surface area contributed by atoms with Crippen molar-refractivity contribution in [3.63, 3.8) is 0 Å². The molecule has 1 aromatic heterocycles. The summed E-state index contributed by atoms with van der Waals surface area (Å²) in [6, 6.07) is 10.3. The fraction of sp³-hybridized carbons (Fsp3) is 0.538. The summed E-state index contributed by atoms with van der Waals surface area (Å²) in [5.41, 5.74) is 1.92. The standard InChI is InChI=1S/C26H38N2O3/c1-2-3-4-5-6-7-8-9-10-11-12-13-15-22-17-19-23(20-18-22)27-26(30)28-25(29)24-16-14-21-31-24/h14,16-21H,2-13,15H2,1H3,(H2,27,28,29,30). The first kappa shape index (κ1) is 24.7.